The van der Waals surface area contributed by atoms with Gasteiger partial charge in [-0.05, 0) is 24.9 Å². The number of nitrogens with zero attached hydrogens (tertiary/aromatic N) is 3. The van der Waals surface area contributed by atoms with Crippen LogP contribution in [0.15, 0.2) is 5.38 Å². The second kappa shape index (κ2) is 5.33. The Balaban J connectivity index is 1.98. The molecule has 90 valence electrons. The molecule has 0 radical (unpaired) electrons. The van der Waals surface area contributed by atoms with E-state index in [2.05, 4.69) is 19.9 Å². The van der Waals surface area contributed by atoms with E-state index in [0.717, 1.165) is 34.3 Å². The number of aryl methyl sites for hydroxylation is 2. The summed E-state index contributed by atoms with van der Waals surface area (Å²) < 4.78 is 3.79. The lowest BCUT2D eigenvalue weighted by Gasteiger charge is -2.01. The van der Waals surface area contributed by atoms with Crippen molar-refractivity contribution in [3.63, 3.8) is 0 Å². The van der Waals surface area contributed by atoms with E-state index < -0.39 is 0 Å². The third-order valence-corrected chi connectivity index (χ3v) is 3.90. The van der Waals surface area contributed by atoms with Gasteiger partial charge in [0, 0.05) is 11.1 Å². The molecule has 0 aliphatic carbocycles. The van der Waals surface area contributed by atoms with E-state index >= 15 is 0 Å². The Morgan fingerprint density at radius 1 is 1.53 bits per heavy atom. The van der Waals surface area contributed by atoms with Crippen LogP contribution in [-0.4, -0.2) is 20.5 Å². The Labute approximate surface area is 107 Å². The van der Waals surface area contributed by atoms with Crippen LogP contribution in [0, 0.1) is 6.92 Å². The van der Waals surface area contributed by atoms with E-state index in [0.29, 0.717) is 11.4 Å². The Morgan fingerprint density at radius 3 is 3.00 bits per heavy atom. The molecule has 1 amide bonds. The largest absolute Gasteiger partial charge is 0.345 e. The summed E-state index contributed by atoms with van der Waals surface area (Å²) in [6.07, 6.45) is 0.718. The number of aromatic nitrogens is 3. The van der Waals surface area contributed by atoms with E-state index in [1.54, 1.807) is 11.3 Å². The Morgan fingerprint density at radius 2 is 2.35 bits per heavy atom. The zero-order chi connectivity index (χ0) is 12.3. The number of thiazole rings is 1. The molecule has 1 N–H and O–H groups in total. The minimum Gasteiger partial charge on any atom is -0.345 e. The Hall–Kier alpha value is -1.34. The number of nitrogens with one attached hydrogen (secondary N) is 1. The van der Waals surface area contributed by atoms with Gasteiger partial charge in [0.15, 0.2) is 0 Å². The molecule has 2 aromatic heterocycles. The molecule has 7 heteroatoms. The average Bonchev–Trinajstić information content (AvgIpc) is 2.94. The monoisotopic (exact) mass is 268 g/mol. The van der Waals surface area contributed by atoms with Crippen molar-refractivity contribution in [1.29, 1.82) is 0 Å². The first-order valence-corrected chi connectivity index (χ1v) is 6.86. The number of hydrogen-bond donors (Lipinski definition) is 1. The van der Waals surface area contributed by atoms with Gasteiger partial charge in [0.25, 0.3) is 5.91 Å². The molecule has 0 unspecified atom stereocenters. The Bertz CT molecular complexity index is 520. The molecule has 0 bridgehead atoms. The van der Waals surface area contributed by atoms with Crippen LogP contribution in [0.5, 0.6) is 0 Å². The lowest BCUT2D eigenvalue weighted by molar-refractivity contribution is 0.0954. The lowest BCUT2D eigenvalue weighted by Crippen LogP contribution is -2.22. The van der Waals surface area contributed by atoms with Gasteiger partial charge in [-0.2, -0.15) is 0 Å². The van der Waals surface area contributed by atoms with Crippen molar-refractivity contribution >= 4 is 28.8 Å². The van der Waals surface area contributed by atoms with Gasteiger partial charge >= 0.3 is 0 Å². The zero-order valence-electron chi connectivity index (χ0n) is 9.56. The summed E-state index contributed by atoms with van der Waals surface area (Å²) in [6, 6.07) is 0. The summed E-state index contributed by atoms with van der Waals surface area (Å²) in [5.41, 5.74) is 1.73. The predicted octanol–water partition coefficient (Wildman–Crippen LogP) is 1.80. The van der Waals surface area contributed by atoms with Crippen molar-refractivity contribution in [2.45, 2.75) is 26.8 Å². The number of hydrogen-bond acceptors (Lipinski definition) is 6. The summed E-state index contributed by atoms with van der Waals surface area (Å²) in [5.74, 6) is -0.121. The lowest BCUT2D eigenvalue weighted by atomic mass is 10.3. The number of rotatable bonds is 4. The fraction of sp³-hybridized carbons (Fsp3) is 0.400. The van der Waals surface area contributed by atoms with Crippen LogP contribution in [0.1, 0.15) is 33.0 Å². The molecule has 0 atom stereocenters. The summed E-state index contributed by atoms with van der Waals surface area (Å²) >= 11 is 2.68. The van der Waals surface area contributed by atoms with Crippen molar-refractivity contribution in [3.8, 4) is 0 Å². The number of amides is 1. The summed E-state index contributed by atoms with van der Waals surface area (Å²) in [5, 5.41) is 9.61. The maximum absolute atomic E-state index is 11.9. The van der Waals surface area contributed by atoms with E-state index in [-0.39, 0.29) is 5.91 Å². The predicted molar refractivity (Wildman–Crippen MR) is 67.3 cm³/mol. The first kappa shape index (κ1) is 12.1. The molecule has 0 aliphatic heterocycles. The van der Waals surface area contributed by atoms with Gasteiger partial charge in [0.05, 0.1) is 12.2 Å². The fourth-order valence-electron chi connectivity index (χ4n) is 1.33. The quantitative estimate of drug-likeness (QED) is 0.918. The molecular weight excluding hydrogens is 256 g/mol. The molecule has 0 fully saturated rings. The van der Waals surface area contributed by atoms with Crippen molar-refractivity contribution < 1.29 is 4.79 Å². The minimum atomic E-state index is -0.121. The number of carbonyl (C=O) groups excluding carboxylic acids is 1. The SMILES string of the molecule is CCc1nnsc1C(=O)NCc1nc(C)cs1. The highest BCUT2D eigenvalue weighted by Crippen LogP contribution is 2.12. The van der Waals surface area contributed by atoms with Crippen LogP contribution in [0.2, 0.25) is 0 Å². The average molecular weight is 268 g/mol. The smallest absolute Gasteiger partial charge is 0.265 e. The molecule has 0 spiro atoms. The van der Waals surface area contributed by atoms with Gasteiger partial charge < -0.3 is 5.32 Å². The summed E-state index contributed by atoms with van der Waals surface area (Å²) in [6.45, 7) is 4.35. The van der Waals surface area contributed by atoms with Gasteiger partial charge in [0.2, 0.25) is 0 Å². The first-order valence-electron chi connectivity index (χ1n) is 5.21. The molecule has 2 heterocycles. The van der Waals surface area contributed by atoms with Crippen LogP contribution < -0.4 is 5.32 Å². The molecule has 5 nitrogen and oxygen atoms in total. The highest BCUT2D eigenvalue weighted by molar-refractivity contribution is 7.09. The molecule has 2 aromatic rings. The first-order chi connectivity index (χ1) is 8.20. The molecule has 0 saturated heterocycles. The van der Waals surface area contributed by atoms with E-state index in [4.69, 9.17) is 0 Å². The van der Waals surface area contributed by atoms with Gasteiger partial charge in [-0.15, -0.1) is 16.4 Å². The van der Waals surface area contributed by atoms with Gasteiger partial charge in [-0.25, -0.2) is 4.98 Å². The fourth-order valence-corrected chi connectivity index (χ4v) is 2.71. The van der Waals surface area contributed by atoms with E-state index in [9.17, 15) is 4.79 Å². The summed E-state index contributed by atoms with van der Waals surface area (Å²) in [4.78, 5) is 16.7. The van der Waals surface area contributed by atoms with Crippen molar-refractivity contribution in [2.75, 3.05) is 0 Å². The van der Waals surface area contributed by atoms with Crippen LogP contribution in [0.3, 0.4) is 0 Å². The molecule has 2 rings (SSSR count). The maximum atomic E-state index is 11.9. The van der Waals surface area contributed by atoms with Crippen molar-refractivity contribution in [2.24, 2.45) is 0 Å². The molecule has 0 saturated carbocycles. The van der Waals surface area contributed by atoms with Crippen molar-refractivity contribution in [3.05, 3.63) is 26.7 Å². The standard InChI is InChI=1S/C10H12N4OS2/c1-3-7-9(17-14-13-7)10(15)11-4-8-12-6(2)5-16-8/h5H,3-4H2,1-2H3,(H,11,15). The van der Waals surface area contributed by atoms with Crippen LogP contribution >= 0.6 is 22.9 Å². The molecule has 0 aliphatic rings. The van der Waals surface area contributed by atoms with E-state index in [1.165, 1.54) is 0 Å². The molecule has 17 heavy (non-hydrogen) atoms. The second-order valence-electron chi connectivity index (χ2n) is 3.47. The third-order valence-electron chi connectivity index (χ3n) is 2.16. The van der Waals surface area contributed by atoms with Crippen LogP contribution in [-0.2, 0) is 13.0 Å². The highest BCUT2D eigenvalue weighted by atomic mass is 32.1. The second-order valence-corrected chi connectivity index (χ2v) is 5.16. The van der Waals surface area contributed by atoms with Gasteiger partial charge in [-0.1, -0.05) is 11.4 Å². The minimum absolute atomic E-state index is 0.121. The van der Waals surface area contributed by atoms with Crippen molar-refractivity contribution in [1.82, 2.24) is 19.9 Å². The van der Waals surface area contributed by atoms with Crippen LogP contribution in [0.25, 0.3) is 0 Å². The van der Waals surface area contributed by atoms with Crippen LogP contribution in [0.4, 0.5) is 0 Å². The zero-order valence-corrected chi connectivity index (χ0v) is 11.2. The highest BCUT2D eigenvalue weighted by Gasteiger charge is 2.14. The molecular formula is C10H12N4OS2. The maximum Gasteiger partial charge on any atom is 0.265 e. The number of carbonyl (C=O) groups is 1. The van der Waals surface area contributed by atoms with Gasteiger partial charge in [-0.3, -0.25) is 4.79 Å². The topological polar surface area (TPSA) is 67.8 Å². The third kappa shape index (κ3) is 2.86. The molecule has 0 aromatic carbocycles. The normalized spacial score (nSPS) is 10.5. The van der Waals surface area contributed by atoms with E-state index in [1.807, 2.05) is 19.2 Å². The summed E-state index contributed by atoms with van der Waals surface area (Å²) in [7, 11) is 0. The Kier molecular flexibility index (Phi) is 3.80. The van der Waals surface area contributed by atoms with Gasteiger partial charge in [0.1, 0.15) is 9.88 Å².